The number of nitriles is 1. The summed E-state index contributed by atoms with van der Waals surface area (Å²) in [6, 6.07) is 12.3. The van der Waals surface area contributed by atoms with Crippen LogP contribution in [0.2, 0.25) is 0 Å². The summed E-state index contributed by atoms with van der Waals surface area (Å²) in [5.41, 5.74) is 2.16. The molecule has 4 nitrogen and oxygen atoms in total. The molecule has 3 rings (SSSR count). The number of phenols is 1. The normalized spacial score (nSPS) is 10.7. The highest BCUT2D eigenvalue weighted by Gasteiger charge is 2.22. The van der Waals surface area contributed by atoms with E-state index in [1.807, 2.05) is 37.3 Å². The second-order valence-electron chi connectivity index (χ2n) is 5.38. The fourth-order valence-electron chi connectivity index (χ4n) is 2.73. The Kier molecular flexibility index (Phi) is 3.63. The van der Waals surface area contributed by atoms with E-state index in [1.54, 1.807) is 13.0 Å². The predicted molar refractivity (Wildman–Crippen MR) is 86.6 cm³/mol. The number of para-hydroxylation sites is 1. The molecule has 0 spiro atoms. The Balaban J connectivity index is 2.22. The Morgan fingerprint density at radius 3 is 2.74 bits per heavy atom. The summed E-state index contributed by atoms with van der Waals surface area (Å²) in [5.74, 6) is 0.337. The van der Waals surface area contributed by atoms with Crippen LogP contribution in [0.5, 0.6) is 5.75 Å². The Hall–Kier alpha value is -3.06. The van der Waals surface area contributed by atoms with E-state index in [-0.39, 0.29) is 17.1 Å². The van der Waals surface area contributed by atoms with Crippen LogP contribution >= 0.6 is 0 Å². The molecule has 0 aliphatic heterocycles. The number of hydrogen-bond donors (Lipinski definition) is 1. The predicted octanol–water partition coefficient (Wildman–Crippen LogP) is 4.11. The zero-order chi connectivity index (χ0) is 16.6. The van der Waals surface area contributed by atoms with Crippen molar-refractivity contribution in [2.24, 2.45) is 0 Å². The van der Waals surface area contributed by atoms with E-state index in [0.717, 1.165) is 5.39 Å². The Labute approximate surface area is 133 Å². The molecule has 0 radical (unpaired) electrons. The maximum Gasteiger partial charge on any atom is 0.197 e. The highest BCUT2D eigenvalue weighted by molar-refractivity contribution is 6.17. The molecule has 0 saturated carbocycles. The zero-order valence-electron chi connectivity index (χ0n) is 12.9. The van der Waals surface area contributed by atoms with E-state index in [2.05, 4.69) is 0 Å². The molecule has 0 aliphatic rings. The minimum absolute atomic E-state index is 0.0863. The molecular formula is C19H15NO3. The summed E-state index contributed by atoms with van der Waals surface area (Å²) >= 11 is 0. The highest BCUT2D eigenvalue weighted by Crippen LogP contribution is 2.30. The number of carbonyl (C=O) groups is 1. The van der Waals surface area contributed by atoms with Gasteiger partial charge in [-0.1, -0.05) is 25.1 Å². The Morgan fingerprint density at radius 2 is 2.04 bits per heavy atom. The summed E-state index contributed by atoms with van der Waals surface area (Å²) in [5, 5.41) is 19.7. The number of aromatic hydroxyl groups is 1. The van der Waals surface area contributed by atoms with Crippen LogP contribution in [-0.4, -0.2) is 10.9 Å². The monoisotopic (exact) mass is 305 g/mol. The van der Waals surface area contributed by atoms with Crippen molar-refractivity contribution in [1.29, 1.82) is 5.26 Å². The van der Waals surface area contributed by atoms with Crippen LogP contribution in [-0.2, 0) is 6.42 Å². The number of furan rings is 1. The SMILES string of the molecule is CCc1oc2ccccc2c1C(=O)c1cc(C)c(O)c(C#N)c1. The number of fused-ring (bicyclic) bond motifs is 1. The summed E-state index contributed by atoms with van der Waals surface area (Å²) in [7, 11) is 0. The number of hydrogen-bond acceptors (Lipinski definition) is 4. The number of nitrogens with zero attached hydrogens (tertiary/aromatic N) is 1. The van der Waals surface area contributed by atoms with Crippen molar-refractivity contribution in [2.45, 2.75) is 20.3 Å². The zero-order valence-corrected chi connectivity index (χ0v) is 12.9. The maximum absolute atomic E-state index is 13.0. The molecule has 3 aromatic rings. The molecular weight excluding hydrogens is 290 g/mol. The minimum atomic E-state index is -0.202. The lowest BCUT2D eigenvalue weighted by Crippen LogP contribution is -2.04. The molecule has 0 bridgehead atoms. The number of carbonyl (C=O) groups excluding carboxylic acids is 1. The van der Waals surface area contributed by atoms with Gasteiger partial charge >= 0.3 is 0 Å². The van der Waals surface area contributed by atoms with Crippen molar-refractivity contribution < 1.29 is 14.3 Å². The molecule has 0 fully saturated rings. The van der Waals surface area contributed by atoms with Crippen molar-refractivity contribution in [3.05, 3.63) is 64.4 Å². The van der Waals surface area contributed by atoms with Gasteiger partial charge in [0.15, 0.2) is 5.78 Å². The second kappa shape index (κ2) is 5.62. The lowest BCUT2D eigenvalue weighted by molar-refractivity contribution is 0.103. The van der Waals surface area contributed by atoms with E-state index < -0.39 is 0 Å². The van der Waals surface area contributed by atoms with Gasteiger partial charge in [-0.25, -0.2) is 0 Å². The van der Waals surface area contributed by atoms with Gasteiger partial charge in [-0.15, -0.1) is 0 Å². The highest BCUT2D eigenvalue weighted by atomic mass is 16.3. The summed E-state index contributed by atoms with van der Waals surface area (Å²) in [4.78, 5) is 13.0. The van der Waals surface area contributed by atoms with Crippen molar-refractivity contribution in [3.8, 4) is 11.8 Å². The van der Waals surface area contributed by atoms with E-state index in [1.165, 1.54) is 6.07 Å². The third kappa shape index (κ3) is 2.36. The van der Waals surface area contributed by atoms with Crippen LogP contribution in [0, 0.1) is 18.3 Å². The van der Waals surface area contributed by atoms with Crippen LogP contribution < -0.4 is 0 Å². The molecule has 1 aromatic heterocycles. The lowest BCUT2D eigenvalue weighted by atomic mass is 9.96. The first kappa shape index (κ1) is 14.9. The largest absolute Gasteiger partial charge is 0.506 e. The third-order valence-corrected chi connectivity index (χ3v) is 3.90. The molecule has 0 atom stereocenters. The molecule has 114 valence electrons. The summed E-state index contributed by atoms with van der Waals surface area (Å²) in [6.07, 6.45) is 0.595. The molecule has 2 aromatic carbocycles. The van der Waals surface area contributed by atoms with E-state index in [4.69, 9.17) is 9.68 Å². The van der Waals surface area contributed by atoms with Crippen molar-refractivity contribution in [3.63, 3.8) is 0 Å². The molecule has 0 unspecified atom stereocenters. The Bertz CT molecular complexity index is 961. The van der Waals surface area contributed by atoms with Gasteiger partial charge in [-0.3, -0.25) is 4.79 Å². The number of rotatable bonds is 3. The molecule has 4 heteroatoms. The van der Waals surface area contributed by atoms with E-state index >= 15 is 0 Å². The topological polar surface area (TPSA) is 74.2 Å². The smallest absolute Gasteiger partial charge is 0.197 e. The molecule has 1 heterocycles. The minimum Gasteiger partial charge on any atom is -0.506 e. The number of ketones is 1. The standard InChI is InChI=1S/C19H15NO3/c1-3-15-17(14-6-4-5-7-16(14)23-15)19(22)12-8-11(2)18(21)13(9-12)10-20/h4-9,21H,3H2,1-2H3. The molecule has 0 saturated heterocycles. The molecule has 0 aliphatic carbocycles. The van der Waals surface area contributed by atoms with E-state index in [0.29, 0.717) is 34.5 Å². The first-order valence-corrected chi connectivity index (χ1v) is 7.35. The van der Waals surface area contributed by atoms with Gasteiger partial charge in [0.1, 0.15) is 23.2 Å². The first-order chi connectivity index (χ1) is 11.1. The quantitative estimate of drug-likeness (QED) is 0.739. The maximum atomic E-state index is 13.0. The van der Waals surface area contributed by atoms with Crippen molar-refractivity contribution in [1.82, 2.24) is 0 Å². The fraction of sp³-hybridized carbons (Fsp3) is 0.158. The lowest BCUT2D eigenvalue weighted by Gasteiger charge is -2.06. The fourth-order valence-corrected chi connectivity index (χ4v) is 2.73. The molecule has 1 N–H and O–H groups in total. The van der Waals surface area contributed by atoms with Crippen molar-refractivity contribution in [2.75, 3.05) is 0 Å². The van der Waals surface area contributed by atoms with Crippen LogP contribution in [0.4, 0.5) is 0 Å². The summed E-state index contributed by atoms with van der Waals surface area (Å²) < 4.78 is 5.77. The van der Waals surface area contributed by atoms with Gasteiger partial charge < -0.3 is 9.52 Å². The van der Waals surface area contributed by atoms with Crippen LogP contribution in [0.3, 0.4) is 0 Å². The van der Waals surface area contributed by atoms with Crippen LogP contribution in [0.1, 0.15) is 39.7 Å². The van der Waals surface area contributed by atoms with E-state index in [9.17, 15) is 9.90 Å². The number of phenolic OH excluding ortho intramolecular Hbond substituents is 1. The average Bonchev–Trinajstić information content (AvgIpc) is 2.95. The molecule has 23 heavy (non-hydrogen) atoms. The molecule has 0 amide bonds. The van der Waals surface area contributed by atoms with Crippen molar-refractivity contribution >= 4 is 16.8 Å². The van der Waals surface area contributed by atoms with Crippen LogP contribution in [0.15, 0.2) is 40.8 Å². The van der Waals surface area contributed by atoms with Crippen LogP contribution in [0.25, 0.3) is 11.0 Å². The first-order valence-electron chi connectivity index (χ1n) is 7.35. The summed E-state index contributed by atoms with van der Waals surface area (Å²) in [6.45, 7) is 3.60. The van der Waals surface area contributed by atoms with Gasteiger partial charge in [-0.05, 0) is 30.7 Å². The van der Waals surface area contributed by atoms with Gasteiger partial charge in [0.25, 0.3) is 0 Å². The van der Waals surface area contributed by atoms with Gasteiger partial charge in [0.2, 0.25) is 0 Å². The third-order valence-electron chi connectivity index (χ3n) is 3.90. The number of benzene rings is 2. The second-order valence-corrected chi connectivity index (χ2v) is 5.38. The van der Waals surface area contributed by atoms with Gasteiger partial charge in [-0.2, -0.15) is 5.26 Å². The average molecular weight is 305 g/mol. The van der Waals surface area contributed by atoms with Gasteiger partial charge in [0.05, 0.1) is 11.1 Å². The van der Waals surface area contributed by atoms with Gasteiger partial charge in [0, 0.05) is 17.4 Å². The Morgan fingerprint density at radius 1 is 1.30 bits per heavy atom. The number of aryl methyl sites for hydroxylation is 2.